The number of fused-ring (bicyclic) bond motifs is 1. The predicted octanol–water partition coefficient (Wildman–Crippen LogP) is 3.54. The third-order valence-electron chi connectivity index (χ3n) is 2.84. The summed E-state index contributed by atoms with van der Waals surface area (Å²) >= 11 is 6.15. The van der Waals surface area contributed by atoms with E-state index in [4.69, 9.17) is 11.6 Å². The fourth-order valence-electron chi connectivity index (χ4n) is 2.10. The number of aryl methyl sites for hydroxylation is 1. The molecule has 0 aliphatic heterocycles. The van der Waals surface area contributed by atoms with Gasteiger partial charge in [-0.05, 0) is 39.0 Å². The lowest BCUT2D eigenvalue weighted by Crippen LogP contribution is -2.20. The van der Waals surface area contributed by atoms with E-state index in [1.54, 1.807) is 13.8 Å². The van der Waals surface area contributed by atoms with Crippen LogP contribution in [0.4, 0.5) is 0 Å². The monoisotopic (exact) mass is 237 g/mol. The van der Waals surface area contributed by atoms with Gasteiger partial charge in [0.25, 0.3) is 0 Å². The van der Waals surface area contributed by atoms with Gasteiger partial charge in [-0.15, -0.1) is 0 Å². The summed E-state index contributed by atoms with van der Waals surface area (Å²) in [5, 5.41) is 11.9. The highest BCUT2D eigenvalue weighted by molar-refractivity contribution is 6.35. The number of aliphatic hydroxyl groups is 1. The van der Waals surface area contributed by atoms with Crippen molar-refractivity contribution in [3.63, 3.8) is 0 Å². The van der Waals surface area contributed by atoms with Crippen LogP contribution in [-0.4, -0.2) is 9.67 Å². The minimum Gasteiger partial charge on any atom is -0.384 e. The second-order valence-electron chi connectivity index (χ2n) is 4.51. The Hall–Kier alpha value is -0.990. The largest absolute Gasteiger partial charge is 0.384 e. The summed E-state index contributed by atoms with van der Waals surface area (Å²) in [6.07, 6.45) is 0. The molecule has 0 bridgehead atoms. The van der Waals surface area contributed by atoms with E-state index in [0.717, 1.165) is 28.2 Å². The van der Waals surface area contributed by atoms with Crippen LogP contribution in [0.25, 0.3) is 10.9 Å². The number of hydrogen-bond acceptors (Lipinski definition) is 1. The molecule has 16 heavy (non-hydrogen) atoms. The first kappa shape index (κ1) is 11.5. The molecule has 1 aromatic heterocycles. The molecule has 2 nitrogen and oxygen atoms in total. The second-order valence-corrected chi connectivity index (χ2v) is 4.91. The van der Waals surface area contributed by atoms with Crippen LogP contribution in [0.3, 0.4) is 0 Å². The van der Waals surface area contributed by atoms with Gasteiger partial charge < -0.3 is 9.67 Å². The smallest absolute Gasteiger partial charge is 0.0989 e. The molecule has 1 N–H and O–H groups in total. The molecule has 0 saturated carbocycles. The highest BCUT2D eigenvalue weighted by atomic mass is 35.5. The van der Waals surface area contributed by atoms with E-state index in [1.807, 2.05) is 24.3 Å². The van der Waals surface area contributed by atoms with E-state index in [9.17, 15) is 5.11 Å². The van der Waals surface area contributed by atoms with Crippen LogP contribution in [-0.2, 0) is 12.1 Å². The Morgan fingerprint density at radius 3 is 2.62 bits per heavy atom. The van der Waals surface area contributed by atoms with Gasteiger partial charge in [0.1, 0.15) is 0 Å². The van der Waals surface area contributed by atoms with Gasteiger partial charge >= 0.3 is 0 Å². The summed E-state index contributed by atoms with van der Waals surface area (Å²) in [6, 6.07) is 7.81. The highest BCUT2D eigenvalue weighted by Crippen LogP contribution is 2.31. The number of benzene rings is 1. The topological polar surface area (TPSA) is 25.2 Å². The average molecular weight is 238 g/mol. The van der Waals surface area contributed by atoms with Gasteiger partial charge in [0.05, 0.1) is 11.3 Å². The van der Waals surface area contributed by atoms with E-state index < -0.39 is 5.60 Å². The lowest BCUT2D eigenvalue weighted by molar-refractivity contribution is 0.0704. The quantitative estimate of drug-likeness (QED) is 0.849. The molecular formula is C13H16ClNO. The molecule has 1 aromatic carbocycles. The number of halogens is 1. The normalized spacial score (nSPS) is 12.3. The van der Waals surface area contributed by atoms with E-state index in [0.29, 0.717) is 0 Å². The molecule has 1 heterocycles. The Kier molecular flexibility index (Phi) is 2.72. The molecular weight excluding hydrogens is 222 g/mol. The van der Waals surface area contributed by atoms with Gasteiger partial charge in [-0.25, -0.2) is 0 Å². The molecule has 0 saturated heterocycles. The van der Waals surface area contributed by atoms with Crippen molar-refractivity contribution in [3.05, 3.63) is 35.0 Å². The van der Waals surface area contributed by atoms with Crippen LogP contribution < -0.4 is 0 Å². The predicted molar refractivity (Wildman–Crippen MR) is 67.9 cm³/mol. The molecule has 0 fully saturated rings. The summed E-state index contributed by atoms with van der Waals surface area (Å²) < 4.78 is 2.10. The van der Waals surface area contributed by atoms with Gasteiger partial charge in [-0.2, -0.15) is 0 Å². The first-order valence-electron chi connectivity index (χ1n) is 5.45. The Morgan fingerprint density at radius 1 is 1.38 bits per heavy atom. The second kappa shape index (κ2) is 3.79. The van der Waals surface area contributed by atoms with E-state index in [-0.39, 0.29) is 0 Å². The van der Waals surface area contributed by atoms with E-state index >= 15 is 0 Å². The molecule has 0 radical (unpaired) electrons. The molecule has 86 valence electrons. The maximum absolute atomic E-state index is 10.1. The van der Waals surface area contributed by atoms with Crippen LogP contribution >= 0.6 is 11.6 Å². The number of nitrogens with zero attached hydrogens (tertiary/aromatic N) is 1. The third-order valence-corrected chi connectivity index (χ3v) is 3.17. The van der Waals surface area contributed by atoms with Crippen LogP contribution in [0, 0.1) is 0 Å². The molecule has 0 amide bonds. The Morgan fingerprint density at radius 2 is 2.06 bits per heavy atom. The molecule has 2 rings (SSSR count). The maximum atomic E-state index is 10.1. The van der Waals surface area contributed by atoms with Crippen molar-refractivity contribution in [1.82, 2.24) is 4.57 Å². The van der Waals surface area contributed by atoms with Crippen LogP contribution in [0.15, 0.2) is 24.3 Å². The molecule has 2 aromatic rings. The first-order chi connectivity index (χ1) is 7.45. The number of hydrogen-bond donors (Lipinski definition) is 1. The van der Waals surface area contributed by atoms with Gasteiger partial charge in [0.15, 0.2) is 0 Å². The summed E-state index contributed by atoms with van der Waals surface area (Å²) in [4.78, 5) is 0. The Balaban J connectivity index is 2.81. The summed E-state index contributed by atoms with van der Waals surface area (Å²) in [6.45, 7) is 6.47. The van der Waals surface area contributed by atoms with Gasteiger partial charge in [0, 0.05) is 22.5 Å². The summed E-state index contributed by atoms with van der Waals surface area (Å²) in [7, 11) is 0. The molecule has 3 heteroatoms. The summed E-state index contributed by atoms with van der Waals surface area (Å²) in [5.41, 5.74) is 1.13. The van der Waals surface area contributed by atoms with Crippen molar-refractivity contribution in [2.45, 2.75) is 32.9 Å². The molecule has 0 aliphatic rings. The lowest BCUT2D eigenvalue weighted by Gasteiger charge is -2.20. The van der Waals surface area contributed by atoms with E-state index in [1.165, 1.54) is 0 Å². The van der Waals surface area contributed by atoms with Crippen molar-refractivity contribution < 1.29 is 5.11 Å². The fourth-order valence-corrected chi connectivity index (χ4v) is 2.32. The summed E-state index contributed by atoms with van der Waals surface area (Å²) in [5.74, 6) is 0. The van der Waals surface area contributed by atoms with Gasteiger partial charge in [0.2, 0.25) is 0 Å². The van der Waals surface area contributed by atoms with Gasteiger partial charge in [-0.1, -0.05) is 17.7 Å². The zero-order chi connectivity index (χ0) is 11.9. The zero-order valence-electron chi connectivity index (χ0n) is 9.79. The van der Waals surface area contributed by atoms with Crippen molar-refractivity contribution in [1.29, 1.82) is 0 Å². The minimum atomic E-state index is -0.849. The molecule has 0 spiro atoms. The Labute approximate surface area is 100 Å². The van der Waals surface area contributed by atoms with E-state index in [2.05, 4.69) is 11.5 Å². The first-order valence-corrected chi connectivity index (χ1v) is 5.83. The van der Waals surface area contributed by atoms with Crippen molar-refractivity contribution >= 4 is 22.5 Å². The SMILES string of the molecule is CCn1c(C(C)(C)O)cc2c(Cl)cccc21. The number of aromatic nitrogens is 1. The van der Waals surface area contributed by atoms with Crippen molar-refractivity contribution in [2.75, 3.05) is 0 Å². The van der Waals surface area contributed by atoms with Gasteiger partial charge in [-0.3, -0.25) is 0 Å². The van der Waals surface area contributed by atoms with Crippen molar-refractivity contribution in [3.8, 4) is 0 Å². The minimum absolute atomic E-state index is 0.732. The van der Waals surface area contributed by atoms with Crippen LogP contribution in [0.2, 0.25) is 5.02 Å². The molecule has 0 atom stereocenters. The fraction of sp³-hybridized carbons (Fsp3) is 0.385. The van der Waals surface area contributed by atoms with Crippen molar-refractivity contribution in [2.24, 2.45) is 0 Å². The number of rotatable bonds is 2. The lowest BCUT2D eigenvalue weighted by atomic mass is 10.1. The average Bonchev–Trinajstić information content (AvgIpc) is 2.57. The van der Waals surface area contributed by atoms with Crippen LogP contribution in [0.5, 0.6) is 0 Å². The zero-order valence-corrected chi connectivity index (χ0v) is 10.5. The maximum Gasteiger partial charge on any atom is 0.0989 e. The standard InChI is InChI=1S/C13H16ClNO/c1-4-15-11-7-5-6-10(14)9(11)8-12(15)13(2,3)16/h5-8,16H,4H2,1-3H3. The molecule has 0 unspecified atom stereocenters. The highest BCUT2D eigenvalue weighted by Gasteiger charge is 2.22. The third kappa shape index (κ3) is 1.72. The molecule has 0 aliphatic carbocycles. The van der Waals surface area contributed by atoms with Crippen LogP contribution in [0.1, 0.15) is 26.5 Å². The Bertz CT molecular complexity index is 522.